The Morgan fingerprint density at radius 2 is 1.67 bits per heavy atom. The van der Waals surface area contributed by atoms with E-state index in [1.54, 1.807) is 57.8 Å². The van der Waals surface area contributed by atoms with Gasteiger partial charge >= 0.3 is 0 Å². The van der Waals surface area contributed by atoms with E-state index in [0.717, 1.165) is 30.4 Å². The maximum absolute atomic E-state index is 13.7. The van der Waals surface area contributed by atoms with Gasteiger partial charge in [0.25, 0.3) is 5.69 Å². The summed E-state index contributed by atoms with van der Waals surface area (Å²) in [6.45, 7) is 1.09. The molecular weight excluding hydrogens is 645 g/mol. The second-order valence-corrected chi connectivity index (χ2v) is 12.7. The Morgan fingerprint density at radius 3 is 2.36 bits per heavy atom. The number of rotatable bonds is 7. The number of non-ortho nitro benzene ring substituents is 1. The molecule has 0 N–H and O–H groups in total. The van der Waals surface area contributed by atoms with Crippen LogP contribution in [-0.2, 0) is 10.0 Å². The van der Waals surface area contributed by atoms with Crippen molar-refractivity contribution in [1.82, 2.24) is 9.29 Å². The van der Waals surface area contributed by atoms with E-state index in [4.69, 9.17) is 10.1 Å². The summed E-state index contributed by atoms with van der Waals surface area (Å²) in [5.74, 6) is -0.347. The average Bonchev–Trinajstić information content (AvgIpc) is 3.66. The van der Waals surface area contributed by atoms with E-state index in [-0.39, 0.29) is 39.4 Å². The van der Waals surface area contributed by atoms with E-state index in [9.17, 15) is 22.9 Å². The van der Waals surface area contributed by atoms with Gasteiger partial charge in [-0.25, -0.2) is 22.8 Å². The molecule has 1 fully saturated rings. The van der Waals surface area contributed by atoms with Gasteiger partial charge in [-0.1, -0.05) is 42.8 Å². The molecule has 0 aliphatic carbocycles. The van der Waals surface area contributed by atoms with Crippen LogP contribution in [0.2, 0.25) is 0 Å². The number of benzene rings is 3. The number of hydrogen-bond acceptors (Lipinski definition) is 8. The molecule has 4 aromatic rings. The zero-order valence-corrected chi connectivity index (χ0v) is 25.6. The summed E-state index contributed by atoms with van der Waals surface area (Å²) in [5, 5.41) is 20.4. The highest BCUT2D eigenvalue weighted by molar-refractivity contribution is 8.93. The average molecular weight is 673 g/mol. The molecule has 0 spiro atoms. The molecule has 218 valence electrons. The molecule has 0 amide bonds. The lowest BCUT2D eigenvalue weighted by atomic mass is 9.98. The fourth-order valence-electron chi connectivity index (χ4n) is 5.16. The lowest BCUT2D eigenvalue weighted by Crippen LogP contribution is -2.35. The first kappa shape index (κ1) is 30.0. The van der Waals surface area contributed by atoms with E-state index < -0.39 is 14.9 Å². The topological polar surface area (TPSA) is 109 Å². The van der Waals surface area contributed by atoms with Gasteiger partial charge in [-0.15, -0.1) is 28.3 Å². The number of thiazole rings is 1. The van der Waals surface area contributed by atoms with E-state index in [0.29, 0.717) is 41.6 Å². The molecule has 3 aromatic carbocycles. The van der Waals surface area contributed by atoms with Crippen molar-refractivity contribution in [1.29, 1.82) is 0 Å². The number of piperidine rings is 1. The summed E-state index contributed by atoms with van der Waals surface area (Å²) in [6.07, 6.45) is 3.25. The number of halogens is 2. The number of hydrogen-bond donors (Lipinski definition) is 0. The predicted octanol–water partition coefficient (Wildman–Crippen LogP) is 6.97. The molecule has 2 aliphatic rings. The highest BCUT2D eigenvalue weighted by Gasteiger charge is 2.32. The van der Waals surface area contributed by atoms with E-state index in [2.05, 4.69) is 0 Å². The molecular formula is C29H27BrFN5O4S2. The number of sulfonamides is 1. The molecule has 6 rings (SSSR count). The first-order valence-corrected chi connectivity index (χ1v) is 15.5. The van der Waals surface area contributed by atoms with Crippen LogP contribution in [0.5, 0.6) is 0 Å². The van der Waals surface area contributed by atoms with E-state index >= 15 is 0 Å². The van der Waals surface area contributed by atoms with Crippen molar-refractivity contribution in [3.8, 4) is 11.3 Å². The molecule has 0 saturated carbocycles. The van der Waals surface area contributed by atoms with Crippen molar-refractivity contribution < 1.29 is 17.7 Å². The van der Waals surface area contributed by atoms with Crippen LogP contribution in [0.4, 0.5) is 15.2 Å². The van der Waals surface area contributed by atoms with Crippen LogP contribution in [0.3, 0.4) is 0 Å². The molecule has 9 nitrogen and oxygen atoms in total. The number of aromatic nitrogens is 1. The van der Waals surface area contributed by atoms with Crippen molar-refractivity contribution in [2.45, 2.75) is 36.6 Å². The highest BCUT2D eigenvalue weighted by atomic mass is 79.9. The lowest BCUT2D eigenvalue weighted by molar-refractivity contribution is -0.384. The summed E-state index contributed by atoms with van der Waals surface area (Å²) in [6, 6.07) is 19.0. The minimum atomic E-state index is -3.53. The second-order valence-electron chi connectivity index (χ2n) is 9.97. The molecule has 3 heterocycles. The third kappa shape index (κ3) is 6.00. The van der Waals surface area contributed by atoms with Crippen LogP contribution < -0.4 is 5.01 Å². The van der Waals surface area contributed by atoms with Crippen molar-refractivity contribution >= 4 is 54.9 Å². The van der Waals surface area contributed by atoms with Crippen molar-refractivity contribution in [2.24, 2.45) is 5.10 Å². The van der Waals surface area contributed by atoms with Gasteiger partial charge in [-0.05, 0) is 42.7 Å². The molecule has 42 heavy (non-hydrogen) atoms. The van der Waals surface area contributed by atoms with E-state index in [1.165, 1.54) is 35.6 Å². The Balaban J connectivity index is 0.00000353. The van der Waals surface area contributed by atoms with Crippen LogP contribution in [0, 0.1) is 15.9 Å². The van der Waals surface area contributed by atoms with Gasteiger partial charge in [0.05, 0.1) is 27.3 Å². The Morgan fingerprint density at radius 1 is 0.952 bits per heavy atom. The van der Waals surface area contributed by atoms with Gasteiger partial charge in [0.2, 0.25) is 15.2 Å². The number of nitrogens with zero attached hydrogens (tertiary/aromatic N) is 5. The standard InChI is InChI=1S/C29H26FN5O4S2.BrH/c30-23-11-7-21(8-12-23)28-18-26(22-5-4-6-24(17-22)35(36)37)32-34(28)29-31-27(19-40-29)20-9-13-25(14-10-20)41(38,39)33-15-2-1-3-16-33;/h4-14,17,19,28H,1-3,15-16,18H2;1H. The molecule has 1 unspecified atom stereocenters. The van der Waals surface area contributed by atoms with Gasteiger partial charge in [0.15, 0.2) is 0 Å². The SMILES string of the molecule is Br.O=[N+]([O-])c1cccc(C2=NN(c3nc(-c4ccc(S(=O)(=O)N5CCCCC5)cc4)cs3)C(c3ccc(F)cc3)C2)c1. The quantitative estimate of drug-likeness (QED) is 0.155. The lowest BCUT2D eigenvalue weighted by Gasteiger charge is -2.25. The minimum Gasteiger partial charge on any atom is -0.258 e. The molecule has 1 saturated heterocycles. The third-order valence-corrected chi connectivity index (χ3v) is 10.1. The summed E-state index contributed by atoms with van der Waals surface area (Å²) in [4.78, 5) is 16.0. The van der Waals surface area contributed by atoms with Crippen LogP contribution in [0.15, 0.2) is 88.2 Å². The zero-order valence-electron chi connectivity index (χ0n) is 22.3. The zero-order chi connectivity index (χ0) is 28.6. The number of anilines is 1. The number of hydrazone groups is 1. The molecule has 0 radical (unpaired) electrons. The summed E-state index contributed by atoms with van der Waals surface area (Å²) in [5.41, 5.74) is 3.54. The summed E-state index contributed by atoms with van der Waals surface area (Å²) >= 11 is 1.38. The van der Waals surface area contributed by atoms with Crippen LogP contribution in [0.25, 0.3) is 11.3 Å². The third-order valence-electron chi connectivity index (χ3n) is 7.35. The first-order valence-electron chi connectivity index (χ1n) is 13.2. The summed E-state index contributed by atoms with van der Waals surface area (Å²) < 4.78 is 41.3. The Hall–Kier alpha value is -3.52. The Labute approximate surface area is 257 Å². The van der Waals surface area contributed by atoms with E-state index in [1.807, 2.05) is 5.38 Å². The van der Waals surface area contributed by atoms with Crippen molar-refractivity contribution in [3.05, 3.63) is 105 Å². The largest absolute Gasteiger partial charge is 0.270 e. The minimum absolute atomic E-state index is 0. The van der Waals surface area contributed by atoms with Gasteiger partial charge < -0.3 is 0 Å². The second kappa shape index (κ2) is 12.4. The molecule has 13 heteroatoms. The summed E-state index contributed by atoms with van der Waals surface area (Å²) in [7, 11) is -3.53. The normalized spacial score (nSPS) is 17.5. The maximum Gasteiger partial charge on any atom is 0.270 e. The Bertz CT molecular complexity index is 1720. The van der Waals surface area contributed by atoms with Crippen LogP contribution >= 0.6 is 28.3 Å². The van der Waals surface area contributed by atoms with Gasteiger partial charge in [0, 0.05) is 48.2 Å². The first-order chi connectivity index (χ1) is 19.8. The van der Waals surface area contributed by atoms with Gasteiger partial charge in [0.1, 0.15) is 5.82 Å². The highest BCUT2D eigenvalue weighted by Crippen LogP contribution is 2.40. The monoisotopic (exact) mass is 671 g/mol. The smallest absolute Gasteiger partial charge is 0.258 e. The predicted molar refractivity (Wildman–Crippen MR) is 166 cm³/mol. The van der Waals surface area contributed by atoms with Gasteiger partial charge in [-0.3, -0.25) is 10.1 Å². The fraction of sp³-hybridized carbons (Fsp3) is 0.241. The van der Waals surface area contributed by atoms with Gasteiger partial charge in [-0.2, -0.15) is 9.41 Å². The van der Waals surface area contributed by atoms with Crippen LogP contribution in [0.1, 0.15) is 42.9 Å². The molecule has 1 atom stereocenters. The van der Waals surface area contributed by atoms with Crippen molar-refractivity contribution in [3.63, 3.8) is 0 Å². The number of nitro benzene ring substituents is 1. The molecule has 1 aromatic heterocycles. The Kier molecular flexibility index (Phi) is 8.83. The van der Waals surface area contributed by atoms with Crippen molar-refractivity contribution in [2.75, 3.05) is 18.1 Å². The van der Waals surface area contributed by atoms with Crippen LogP contribution in [-0.4, -0.2) is 41.4 Å². The molecule has 0 bridgehead atoms. The fourth-order valence-corrected chi connectivity index (χ4v) is 7.51. The number of nitro groups is 1. The molecule has 2 aliphatic heterocycles. The maximum atomic E-state index is 13.7.